The van der Waals surface area contributed by atoms with Gasteiger partial charge in [-0.05, 0) is 44.0 Å². The number of halogens is 1. The number of hydrogen-bond acceptors (Lipinski definition) is 4. The van der Waals surface area contributed by atoms with Gasteiger partial charge in [0, 0.05) is 5.69 Å². The molecule has 21 heavy (non-hydrogen) atoms. The second kappa shape index (κ2) is 5.63. The molecule has 116 valence electrons. The summed E-state index contributed by atoms with van der Waals surface area (Å²) in [7, 11) is -3.05. The van der Waals surface area contributed by atoms with Crippen molar-refractivity contribution in [2.75, 3.05) is 23.4 Å². The summed E-state index contributed by atoms with van der Waals surface area (Å²) in [5.41, 5.74) is 0.684. The molecule has 1 saturated heterocycles. The molecule has 2 rings (SSSR count). The highest BCUT2D eigenvalue weighted by atomic mass is 32.2. The minimum Gasteiger partial charge on any atom is -0.376 e. The molecule has 0 radical (unpaired) electrons. The summed E-state index contributed by atoms with van der Waals surface area (Å²) in [5, 5.41) is 5.68. The Bertz CT molecular complexity index is 660. The van der Waals surface area contributed by atoms with Crippen LogP contribution in [0, 0.1) is 12.7 Å². The second-order valence-electron chi connectivity index (χ2n) is 5.76. The summed E-state index contributed by atoms with van der Waals surface area (Å²) in [6, 6.07) is 4.27. The van der Waals surface area contributed by atoms with Crippen molar-refractivity contribution in [2.45, 2.75) is 25.8 Å². The zero-order valence-corrected chi connectivity index (χ0v) is 12.9. The third-order valence-corrected chi connectivity index (χ3v) is 5.48. The molecule has 1 aliphatic rings. The highest BCUT2D eigenvalue weighted by Gasteiger charge is 2.39. The number of aryl methyl sites for hydroxylation is 1. The quantitative estimate of drug-likeness (QED) is 0.877. The molecule has 0 bridgehead atoms. The molecular formula is C14H19FN2O3S. The fraction of sp³-hybridized carbons (Fsp3) is 0.500. The molecular weight excluding hydrogens is 295 g/mol. The van der Waals surface area contributed by atoms with E-state index in [0.717, 1.165) is 0 Å². The van der Waals surface area contributed by atoms with Gasteiger partial charge in [-0.3, -0.25) is 4.79 Å². The van der Waals surface area contributed by atoms with Crippen LogP contribution in [-0.2, 0) is 14.6 Å². The molecule has 1 heterocycles. The fourth-order valence-corrected chi connectivity index (χ4v) is 4.58. The molecule has 1 aliphatic heterocycles. The molecule has 1 aromatic rings. The van der Waals surface area contributed by atoms with E-state index in [0.29, 0.717) is 17.7 Å². The van der Waals surface area contributed by atoms with Gasteiger partial charge in [0.05, 0.1) is 23.6 Å². The van der Waals surface area contributed by atoms with Crippen molar-refractivity contribution in [3.63, 3.8) is 0 Å². The molecule has 0 spiro atoms. The van der Waals surface area contributed by atoms with Gasteiger partial charge in [-0.2, -0.15) is 0 Å². The third kappa shape index (κ3) is 4.17. The van der Waals surface area contributed by atoms with Gasteiger partial charge in [-0.15, -0.1) is 0 Å². The molecule has 7 heteroatoms. The van der Waals surface area contributed by atoms with E-state index in [9.17, 15) is 17.6 Å². The zero-order chi connectivity index (χ0) is 15.7. The van der Waals surface area contributed by atoms with E-state index in [4.69, 9.17) is 0 Å². The van der Waals surface area contributed by atoms with Gasteiger partial charge in [0.2, 0.25) is 5.91 Å². The Balaban J connectivity index is 1.91. The van der Waals surface area contributed by atoms with Crippen LogP contribution < -0.4 is 10.6 Å². The third-order valence-electron chi connectivity index (χ3n) is 3.57. The molecule has 0 aromatic heterocycles. The minimum atomic E-state index is -3.05. The van der Waals surface area contributed by atoms with Crippen molar-refractivity contribution in [3.8, 4) is 0 Å². The number of carbonyl (C=O) groups is 1. The SMILES string of the molecule is Cc1cc(F)ccc1NCC(=O)NC1(C)CCS(=O)(=O)C1. The van der Waals surface area contributed by atoms with Gasteiger partial charge in [0.1, 0.15) is 5.82 Å². The van der Waals surface area contributed by atoms with Crippen molar-refractivity contribution >= 4 is 21.4 Å². The highest BCUT2D eigenvalue weighted by molar-refractivity contribution is 7.91. The van der Waals surface area contributed by atoms with Gasteiger partial charge in [-0.25, -0.2) is 12.8 Å². The molecule has 1 atom stereocenters. The van der Waals surface area contributed by atoms with Crippen LogP contribution in [0.3, 0.4) is 0 Å². The average molecular weight is 314 g/mol. The maximum absolute atomic E-state index is 13.0. The molecule has 2 N–H and O–H groups in total. The summed E-state index contributed by atoms with van der Waals surface area (Å²) < 4.78 is 35.9. The molecule has 1 unspecified atom stereocenters. The Hall–Kier alpha value is -1.63. The van der Waals surface area contributed by atoms with Crippen LogP contribution in [0.5, 0.6) is 0 Å². The second-order valence-corrected chi connectivity index (χ2v) is 7.95. The number of anilines is 1. The fourth-order valence-electron chi connectivity index (χ4n) is 2.49. The first kappa shape index (κ1) is 15.8. The monoisotopic (exact) mass is 314 g/mol. The highest BCUT2D eigenvalue weighted by Crippen LogP contribution is 2.22. The number of sulfone groups is 1. The van der Waals surface area contributed by atoms with E-state index in [1.54, 1.807) is 19.9 Å². The lowest BCUT2D eigenvalue weighted by Crippen LogP contribution is -2.48. The van der Waals surface area contributed by atoms with E-state index in [2.05, 4.69) is 10.6 Å². The Morgan fingerprint density at radius 2 is 2.14 bits per heavy atom. The first-order chi connectivity index (χ1) is 9.69. The standard InChI is InChI=1S/C14H19FN2O3S/c1-10-7-11(15)3-4-12(10)16-8-13(18)17-14(2)5-6-21(19,20)9-14/h3-4,7,16H,5-6,8-9H2,1-2H3,(H,17,18). The van der Waals surface area contributed by atoms with Crippen molar-refractivity contribution in [1.82, 2.24) is 5.32 Å². The van der Waals surface area contributed by atoms with Crippen LogP contribution in [0.2, 0.25) is 0 Å². The number of hydrogen-bond donors (Lipinski definition) is 2. The van der Waals surface area contributed by atoms with Crippen molar-refractivity contribution in [3.05, 3.63) is 29.6 Å². The minimum absolute atomic E-state index is 0.0160. The lowest BCUT2D eigenvalue weighted by Gasteiger charge is -2.24. The number of rotatable bonds is 4. The molecule has 1 fully saturated rings. The average Bonchev–Trinajstić information content (AvgIpc) is 2.62. The van der Waals surface area contributed by atoms with Crippen LogP contribution in [0.15, 0.2) is 18.2 Å². The van der Waals surface area contributed by atoms with Gasteiger partial charge >= 0.3 is 0 Å². The first-order valence-corrected chi connectivity index (χ1v) is 8.53. The summed E-state index contributed by atoms with van der Waals surface area (Å²) in [5.74, 6) is -0.528. The Morgan fingerprint density at radius 1 is 1.43 bits per heavy atom. The number of benzene rings is 1. The van der Waals surface area contributed by atoms with Crippen molar-refractivity contribution in [1.29, 1.82) is 0 Å². The summed E-state index contributed by atoms with van der Waals surface area (Å²) in [6.45, 7) is 3.49. The molecule has 0 aliphatic carbocycles. The number of amides is 1. The molecule has 1 amide bonds. The number of carbonyl (C=O) groups excluding carboxylic acids is 1. The molecule has 5 nitrogen and oxygen atoms in total. The summed E-state index contributed by atoms with van der Waals surface area (Å²) in [4.78, 5) is 11.9. The maximum Gasteiger partial charge on any atom is 0.239 e. The van der Waals surface area contributed by atoms with Gasteiger partial charge < -0.3 is 10.6 Å². The molecule has 0 saturated carbocycles. The normalized spacial score (nSPS) is 23.8. The van der Waals surface area contributed by atoms with E-state index in [1.165, 1.54) is 12.1 Å². The van der Waals surface area contributed by atoms with Crippen LogP contribution >= 0.6 is 0 Å². The van der Waals surface area contributed by atoms with Crippen LogP contribution in [0.25, 0.3) is 0 Å². The lowest BCUT2D eigenvalue weighted by molar-refractivity contribution is -0.120. The van der Waals surface area contributed by atoms with E-state index >= 15 is 0 Å². The van der Waals surface area contributed by atoms with E-state index in [-0.39, 0.29) is 29.8 Å². The maximum atomic E-state index is 13.0. The van der Waals surface area contributed by atoms with Crippen LogP contribution in [-0.4, -0.2) is 37.9 Å². The van der Waals surface area contributed by atoms with Crippen molar-refractivity contribution < 1.29 is 17.6 Å². The lowest BCUT2D eigenvalue weighted by atomic mass is 10.0. The van der Waals surface area contributed by atoms with Crippen LogP contribution in [0.1, 0.15) is 18.9 Å². The van der Waals surface area contributed by atoms with Gasteiger partial charge in [-0.1, -0.05) is 0 Å². The van der Waals surface area contributed by atoms with Gasteiger partial charge in [0.25, 0.3) is 0 Å². The Labute approximate surface area is 123 Å². The smallest absolute Gasteiger partial charge is 0.239 e. The largest absolute Gasteiger partial charge is 0.376 e. The van der Waals surface area contributed by atoms with Crippen molar-refractivity contribution in [2.24, 2.45) is 0 Å². The molecule has 1 aromatic carbocycles. The predicted octanol–water partition coefficient (Wildman–Crippen LogP) is 1.24. The van der Waals surface area contributed by atoms with Gasteiger partial charge in [0.15, 0.2) is 9.84 Å². The van der Waals surface area contributed by atoms with Crippen LogP contribution in [0.4, 0.5) is 10.1 Å². The summed E-state index contributed by atoms with van der Waals surface area (Å²) in [6.07, 6.45) is 0.427. The Morgan fingerprint density at radius 3 is 2.71 bits per heavy atom. The van der Waals surface area contributed by atoms with E-state index in [1.807, 2.05) is 0 Å². The zero-order valence-electron chi connectivity index (χ0n) is 12.1. The van der Waals surface area contributed by atoms with E-state index < -0.39 is 15.4 Å². The topological polar surface area (TPSA) is 75.3 Å². The number of nitrogens with one attached hydrogen (secondary N) is 2. The summed E-state index contributed by atoms with van der Waals surface area (Å²) >= 11 is 0. The Kier molecular flexibility index (Phi) is 4.22. The first-order valence-electron chi connectivity index (χ1n) is 6.71. The predicted molar refractivity (Wildman–Crippen MR) is 79.4 cm³/mol.